The van der Waals surface area contributed by atoms with E-state index < -0.39 is 0 Å². The molecule has 0 aliphatic rings. The molecule has 3 aromatic rings. The number of nitrogens with one attached hydrogen (secondary N) is 1. The highest BCUT2D eigenvalue weighted by Gasteiger charge is 2.07. The van der Waals surface area contributed by atoms with Crippen LogP contribution in [-0.2, 0) is 6.61 Å². The zero-order valence-corrected chi connectivity index (χ0v) is 17.7. The summed E-state index contributed by atoms with van der Waals surface area (Å²) in [4.78, 5) is 4.30. The first-order valence-electron chi connectivity index (χ1n) is 8.60. The molecule has 3 rings (SSSR count). The first kappa shape index (κ1) is 20.5. The summed E-state index contributed by atoms with van der Waals surface area (Å²) in [6.07, 6.45) is 1.71. The number of nitrogens with zero attached hydrogens (tertiary/aromatic N) is 2. The molecule has 1 heterocycles. The fourth-order valence-electron chi connectivity index (χ4n) is 2.35. The molecule has 0 aliphatic carbocycles. The molecule has 5 nitrogen and oxygen atoms in total. The zero-order chi connectivity index (χ0) is 19.9. The van der Waals surface area contributed by atoms with E-state index in [0.717, 1.165) is 22.0 Å². The van der Waals surface area contributed by atoms with Gasteiger partial charge in [0.2, 0.25) is 5.13 Å². The van der Waals surface area contributed by atoms with Crippen molar-refractivity contribution in [2.24, 2.45) is 5.10 Å². The van der Waals surface area contributed by atoms with Gasteiger partial charge >= 0.3 is 0 Å². The third-order valence-corrected chi connectivity index (χ3v) is 5.24. The maximum atomic E-state index is 6.06. The second kappa shape index (κ2) is 9.78. The standard InChI is InChI=1S/C20H19Cl2N3O2S/c1-3-26-19-9-14(10-23-25-20-24-13(2)12-28-20)5-7-18(19)27-11-15-4-6-16(21)17(22)8-15/h4-10,12H,3,11H2,1-2H3,(H,24,25)/b23-10-. The minimum atomic E-state index is 0.357. The minimum absolute atomic E-state index is 0.357. The number of hydrazone groups is 1. The van der Waals surface area contributed by atoms with Crippen LogP contribution < -0.4 is 14.9 Å². The molecule has 0 bridgehead atoms. The van der Waals surface area contributed by atoms with Crippen LogP contribution in [0, 0.1) is 6.92 Å². The van der Waals surface area contributed by atoms with E-state index in [2.05, 4.69) is 15.5 Å². The van der Waals surface area contributed by atoms with Gasteiger partial charge in [-0.25, -0.2) is 4.98 Å². The molecule has 0 unspecified atom stereocenters. The van der Waals surface area contributed by atoms with E-state index in [1.165, 1.54) is 11.3 Å². The van der Waals surface area contributed by atoms with Gasteiger partial charge in [-0.3, -0.25) is 5.43 Å². The largest absolute Gasteiger partial charge is 0.490 e. The molecule has 0 amide bonds. The third-order valence-electron chi connectivity index (χ3n) is 3.64. The third kappa shape index (κ3) is 5.61. The zero-order valence-electron chi connectivity index (χ0n) is 15.4. The monoisotopic (exact) mass is 435 g/mol. The van der Waals surface area contributed by atoms with E-state index in [4.69, 9.17) is 32.7 Å². The molecule has 0 aliphatic heterocycles. The Kier molecular flexibility index (Phi) is 7.14. The van der Waals surface area contributed by atoms with Gasteiger partial charge in [-0.15, -0.1) is 11.3 Å². The SMILES string of the molecule is CCOc1cc(/C=N\Nc2nc(C)cs2)ccc1OCc1ccc(Cl)c(Cl)c1. The van der Waals surface area contributed by atoms with Crippen molar-refractivity contribution in [1.82, 2.24) is 4.98 Å². The Labute approximate surface area is 177 Å². The van der Waals surface area contributed by atoms with E-state index >= 15 is 0 Å². The quantitative estimate of drug-likeness (QED) is 0.338. The van der Waals surface area contributed by atoms with Crippen molar-refractivity contribution in [2.45, 2.75) is 20.5 Å². The first-order valence-corrected chi connectivity index (χ1v) is 10.2. The van der Waals surface area contributed by atoms with Gasteiger partial charge in [0.05, 0.1) is 28.6 Å². The first-order chi connectivity index (χ1) is 13.5. The van der Waals surface area contributed by atoms with Crippen LogP contribution in [0.15, 0.2) is 46.9 Å². The van der Waals surface area contributed by atoms with E-state index in [9.17, 15) is 0 Å². The Morgan fingerprint density at radius 2 is 1.96 bits per heavy atom. The van der Waals surface area contributed by atoms with Crippen molar-refractivity contribution in [3.05, 3.63) is 68.6 Å². The number of aromatic nitrogens is 1. The molecule has 0 saturated carbocycles. The lowest BCUT2D eigenvalue weighted by atomic mass is 10.2. The Balaban J connectivity index is 1.68. The molecule has 28 heavy (non-hydrogen) atoms. The van der Waals surface area contributed by atoms with Crippen molar-refractivity contribution in [3.8, 4) is 11.5 Å². The second-order valence-electron chi connectivity index (χ2n) is 5.84. The molecular formula is C20H19Cl2N3O2S. The van der Waals surface area contributed by atoms with Crippen molar-refractivity contribution in [1.29, 1.82) is 0 Å². The predicted molar refractivity (Wildman–Crippen MR) is 116 cm³/mol. The summed E-state index contributed by atoms with van der Waals surface area (Å²) in [7, 11) is 0. The highest BCUT2D eigenvalue weighted by molar-refractivity contribution is 7.13. The Bertz CT molecular complexity index is 976. The van der Waals surface area contributed by atoms with E-state index in [1.807, 2.05) is 43.5 Å². The second-order valence-corrected chi connectivity index (χ2v) is 7.51. The summed E-state index contributed by atoms with van der Waals surface area (Å²) in [5.41, 5.74) is 5.68. The summed E-state index contributed by atoms with van der Waals surface area (Å²) in [6, 6.07) is 11.1. The van der Waals surface area contributed by atoms with Crippen LogP contribution in [0.2, 0.25) is 10.0 Å². The summed E-state index contributed by atoms with van der Waals surface area (Å²) in [6.45, 7) is 4.75. The molecule has 0 radical (unpaired) electrons. The van der Waals surface area contributed by atoms with E-state index in [1.54, 1.807) is 18.3 Å². The number of halogens is 2. The summed E-state index contributed by atoms with van der Waals surface area (Å²) in [5, 5.41) is 7.95. The van der Waals surface area contributed by atoms with Gasteiger partial charge in [0.15, 0.2) is 11.5 Å². The summed E-state index contributed by atoms with van der Waals surface area (Å²) in [5.74, 6) is 1.30. The number of ether oxygens (including phenoxy) is 2. The highest BCUT2D eigenvalue weighted by atomic mass is 35.5. The molecular weight excluding hydrogens is 417 g/mol. The molecule has 8 heteroatoms. The van der Waals surface area contributed by atoms with E-state index in [-0.39, 0.29) is 0 Å². The normalized spacial score (nSPS) is 11.0. The van der Waals surface area contributed by atoms with Crippen molar-refractivity contribution < 1.29 is 9.47 Å². The van der Waals surface area contributed by atoms with Crippen LogP contribution >= 0.6 is 34.5 Å². The topological polar surface area (TPSA) is 55.7 Å². The Morgan fingerprint density at radius 1 is 1.11 bits per heavy atom. The van der Waals surface area contributed by atoms with Crippen LogP contribution in [-0.4, -0.2) is 17.8 Å². The van der Waals surface area contributed by atoms with Crippen molar-refractivity contribution >= 4 is 45.9 Å². The van der Waals surface area contributed by atoms with Crippen molar-refractivity contribution in [2.75, 3.05) is 12.0 Å². The van der Waals surface area contributed by atoms with Gasteiger partial charge in [0, 0.05) is 5.38 Å². The van der Waals surface area contributed by atoms with E-state index in [0.29, 0.717) is 34.8 Å². The fourth-order valence-corrected chi connectivity index (χ4v) is 3.31. The maximum Gasteiger partial charge on any atom is 0.203 e. The number of hydrogen-bond donors (Lipinski definition) is 1. The van der Waals surface area contributed by atoms with Crippen LogP contribution in [0.4, 0.5) is 5.13 Å². The Morgan fingerprint density at radius 3 is 2.68 bits per heavy atom. The number of thiazole rings is 1. The molecule has 0 atom stereocenters. The maximum absolute atomic E-state index is 6.06. The minimum Gasteiger partial charge on any atom is -0.490 e. The summed E-state index contributed by atoms with van der Waals surface area (Å²) >= 11 is 13.5. The van der Waals surface area contributed by atoms with Crippen molar-refractivity contribution in [3.63, 3.8) is 0 Å². The van der Waals surface area contributed by atoms with Gasteiger partial charge < -0.3 is 9.47 Å². The Hall–Kier alpha value is -2.28. The lowest BCUT2D eigenvalue weighted by Gasteiger charge is -2.13. The lowest BCUT2D eigenvalue weighted by molar-refractivity contribution is 0.269. The van der Waals surface area contributed by atoms with Gasteiger partial charge in [-0.1, -0.05) is 29.3 Å². The number of aryl methyl sites for hydroxylation is 1. The van der Waals surface area contributed by atoms with Gasteiger partial charge in [0.1, 0.15) is 6.61 Å². The molecule has 1 aromatic heterocycles. The average Bonchev–Trinajstić information content (AvgIpc) is 3.09. The molecule has 2 aromatic carbocycles. The number of anilines is 1. The number of benzene rings is 2. The molecule has 0 spiro atoms. The highest BCUT2D eigenvalue weighted by Crippen LogP contribution is 2.30. The average molecular weight is 436 g/mol. The van der Waals surface area contributed by atoms with Crippen LogP contribution in [0.3, 0.4) is 0 Å². The number of hydrogen-bond acceptors (Lipinski definition) is 6. The van der Waals surface area contributed by atoms with Gasteiger partial charge in [0.25, 0.3) is 0 Å². The lowest BCUT2D eigenvalue weighted by Crippen LogP contribution is -2.01. The molecule has 146 valence electrons. The molecule has 0 saturated heterocycles. The van der Waals surface area contributed by atoms with Gasteiger partial charge in [-0.2, -0.15) is 5.10 Å². The number of rotatable bonds is 8. The van der Waals surface area contributed by atoms with Crippen LogP contribution in [0.25, 0.3) is 0 Å². The fraction of sp³-hybridized carbons (Fsp3) is 0.200. The van der Waals surface area contributed by atoms with Crippen LogP contribution in [0.1, 0.15) is 23.7 Å². The summed E-state index contributed by atoms with van der Waals surface area (Å²) < 4.78 is 11.6. The smallest absolute Gasteiger partial charge is 0.203 e. The predicted octanol–water partition coefficient (Wildman–Crippen LogP) is 6.18. The molecule has 0 fully saturated rings. The molecule has 1 N–H and O–H groups in total. The van der Waals surface area contributed by atoms with Crippen LogP contribution in [0.5, 0.6) is 11.5 Å². The van der Waals surface area contributed by atoms with Gasteiger partial charge in [-0.05, 0) is 55.3 Å².